The van der Waals surface area contributed by atoms with E-state index in [0.717, 1.165) is 16.1 Å². The Balaban J connectivity index is 1.55. The number of carbonyl (C=O) groups is 3. The molecule has 8 heteroatoms. The third-order valence-electron chi connectivity index (χ3n) is 5.31. The molecule has 2 atom stereocenters. The number of hydrogen-bond donors (Lipinski definition) is 2. The Morgan fingerprint density at radius 2 is 1.84 bits per heavy atom. The Morgan fingerprint density at radius 3 is 2.47 bits per heavy atom. The van der Waals surface area contributed by atoms with Crippen LogP contribution in [0, 0.1) is 12.8 Å². The number of nitrogens with zero attached hydrogens (tertiary/aromatic N) is 1. The van der Waals surface area contributed by atoms with Crippen molar-refractivity contribution in [2.45, 2.75) is 19.4 Å². The lowest BCUT2D eigenvalue weighted by atomic mass is 9.97. The summed E-state index contributed by atoms with van der Waals surface area (Å²) in [7, 11) is 0. The van der Waals surface area contributed by atoms with E-state index in [1.54, 1.807) is 29.2 Å². The third kappa shape index (κ3) is 4.65. The predicted octanol–water partition coefficient (Wildman–Crippen LogP) is 3.65. The van der Waals surface area contributed by atoms with Crippen molar-refractivity contribution in [2.24, 2.45) is 11.7 Å². The molecule has 0 bridgehead atoms. The topological polar surface area (TPSA) is 102 Å². The van der Waals surface area contributed by atoms with Crippen LogP contribution in [0.3, 0.4) is 0 Å². The lowest BCUT2D eigenvalue weighted by Gasteiger charge is -2.27. The van der Waals surface area contributed by atoms with Crippen molar-refractivity contribution in [1.29, 1.82) is 0 Å². The number of rotatable bonds is 7. The number of nitrogens with two attached hydrogens (primary N) is 1. The van der Waals surface area contributed by atoms with Crippen LogP contribution in [0.5, 0.6) is 5.75 Å². The number of carbonyl (C=O) groups excluding carboxylic acids is 3. The molecule has 0 radical (unpaired) electrons. The smallest absolute Gasteiger partial charge is 0.255 e. The van der Waals surface area contributed by atoms with Crippen molar-refractivity contribution < 1.29 is 19.1 Å². The van der Waals surface area contributed by atoms with Gasteiger partial charge in [0.05, 0.1) is 12.0 Å². The van der Waals surface area contributed by atoms with Crippen molar-refractivity contribution in [3.8, 4) is 5.75 Å². The van der Waals surface area contributed by atoms with Crippen LogP contribution in [0.15, 0.2) is 66.0 Å². The van der Waals surface area contributed by atoms with E-state index in [0.29, 0.717) is 11.4 Å². The van der Waals surface area contributed by atoms with E-state index < -0.39 is 11.8 Å². The van der Waals surface area contributed by atoms with Gasteiger partial charge in [0.1, 0.15) is 5.75 Å². The highest BCUT2D eigenvalue weighted by molar-refractivity contribution is 7.10. The molecule has 3 aromatic rings. The van der Waals surface area contributed by atoms with Crippen molar-refractivity contribution in [1.82, 2.24) is 0 Å². The highest BCUT2D eigenvalue weighted by Crippen LogP contribution is 2.43. The van der Waals surface area contributed by atoms with Crippen LogP contribution in [0.1, 0.15) is 22.9 Å². The van der Waals surface area contributed by atoms with E-state index in [1.165, 1.54) is 11.3 Å². The summed E-state index contributed by atoms with van der Waals surface area (Å²) in [5, 5.41) is 4.86. The second kappa shape index (κ2) is 9.23. The molecule has 1 aliphatic rings. The molecule has 1 aliphatic heterocycles. The quantitative estimate of drug-likeness (QED) is 0.575. The minimum absolute atomic E-state index is 0.0809. The summed E-state index contributed by atoms with van der Waals surface area (Å²) in [6, 6.07) is 17.9. The molecule has 0 spiro atoms. The van der Waals surface area contributed by atoms with Crippen LogP contribution < -0.4 is 20.7 Å². The Hall–Kier alpha value is -3.65. The lowest BCUT2D eigenvalue weighted by Crippen LogP contribution is -2.32. The van der Waals surface area contributed by atoms with Crippen molar-refractivity contribution in [3.63, 3.8) is 0 Å². The van der Waals surface area contributed by atoms with Gasteiger partial charge in [-0.05, 0) is 54.8 Å². The molecule has 0 saturated carbocycles. The largest absolute Gasteiger partial charge is 0.484 e. The van der Waals surface area contributed by atoms with E-state index in [1.807, 2.05) is 48.7 Å². The van der Waals surface area contributed by atoms with Gasteiger partial charge in [0.2, 0.25) is 11.8 Å². The molecule has 32 heavy (non-hydrogen) atoms. The first-order chi connectivity index (χ1) is 15.4. The van der Waals surface area contributed by atoms with Gasteiger partial charge in [-0.3, -0.25) is 14.4 Å². The van der Waals surface area contributed by atoms with Crippen LogP contribution in [-0.2, 0) is 14.4 Å². The zero-order chi connectivity index (χ0) is 22.7. The van der Waals surface area contributed by atoms with Crippen molar-refractivity contribution in [3.05, 3.63) is 76.5 Å². The second-order valence-electron chi connectivity index (χ2n) is 7.64. The second-order valence-corrected chi connectivity index (χ2v) is 8.62. The first-order valence-corrected chi connectivity index (χ1v) is 11.0. The first kappa shape index (κ1) is 21.6. The van der Waals surface area contributed by atoms with Crippen LogP contribution in [0.2, 0.25) is 0 Å². The number of amides is 3. The maximum atomic E-state index is 13.2. The minimum Gasteiger partial charge on any atom is -0.484 e. The van der Waals surface area contributed by atoms with Gasteiger partial charge in [0.15, 0.2) is 6.61 Å². The highest BCUT2D eigenvalue weighted by atomic mass is 32.1. The Morgan fingerprint density at radius 1 is 1.12 bits per heavy atom. The van der Waals surface area contributed by atoms with Gasteiger partial charge < -0.3 is 20.7 Å². The zero-order valence-electron chi connectivity index (χ0n) is 17.5. The molecule has 1 fully saturated rings. The Labute approximate surface area is 189 Å². The molecule has 3 N–H and O–H groups in total. The molecule has 0 aliphatic carbocycles. The molecule has 3 amide bonds. The van der Waals surface area contributed by atoms with Gasteiger partial charge in [0.25, 0.3) is 5.91 Å². The number of ether oxygens (including phenoxy) is 1. The number of hydrogen-bond acceptors (Lipinski definition) is 5. The summed E-state index contributed by atoms with van der Waals surface area (Å²) in [4.78, 5) is 39.8. The van der Waals surface area contributed by atoms with Crippen LogP contribution in [-0.4, -0.2) is 24.3 Å². The number of aryl methyl sites for hydroxylation is 1. The average Bonchev–Trinajstić information content (AvgIpc) is 3.41. The summed E-state index contributed by atoms with van der Waals surface area (Å²) in [6.45, 7) is 1.78. The van der Waals surface area contributed by atoms with Crippen molar-refractivity contribution in [2.75, 3.05) is 16.8 Å². The van der Waals surface area contributed by atoms with Crippen LogP contribution >= 0.6 is 11.3 Å². The third-order valence-corrected chi connectivity index (χ3v) is 6.25. The van der Waals surface area contributed by atoms with Crippen molar-refractivity contribution >= 4 is 40.4 Å². The molecule has 4 rings (SSSR count). The lowest BCUT2D eigenvalue weighted by molar-refractivity contribution is -0.122. The van der Waals surface area contributed by atoms with Gasteiger partial charge in [-0.2, -0.15) is 0 Å². The number of benzene rings is 2. The predicted molar refractivity (Wildman–Crippen MR) is 124 cm³/mol. The summed E-state index contributed by atoms with van der Waals surface area (Å²) in [5.41, 5.74) is 7.54. The van der Waals surface area contributed by atoms with Gasteiger partial charge in [-0.25, -0.2) is 0 Å². The monoisotopic (exact) mass is 449 g/mol. The molecule has 1 aromatic heterocycles. The fourth-order valence-corrected chi connectivity index (χ4v) is 4.67. The van der Waals surface area contributed by atoms with Gasteiger partial charge in [0, 0.05) is 22.7 Å². The number of thiophene rings is 1. The standard InChI is InChI=1S/C24H23N3O4S/c1-15-4-8-17(9-5-15)27-22(29)13-19(23(27)20-3-2-12-32-20)24(30)26-16-6-10-18(11-7-16)31-14-21(25)28/h2-12,19,23H,13-14H2,1H3,(H2,25,28)(H,26,30). The minimum atomic E-state index is -0.564. The maximum Gasteiger partial charge on any atom is 0.255 e. The fraction of sp³-hybridized carbons (Fsp3) is 0.208. The fourth-order valence-electron chi connectivity index (χ4n) is 3.79. The van der Waals surface area contributed by atoms with Gasteiger partial charge in [-0.15, -0.1) is 11.3 Å². The van der Waals surface area contributed by atoms with Gasteiger partial charge in [-0.1, -0.05) is 23.8 Å². The maximum absolute atomic E-state index is 13.2. The van der Waals surface area contributed by atoms with E-state index in [9.17, 15) is 14.4 Å². The molecule has 164 valence electrons. The molecule has 2 heterocycles. The summed E-state index contributed by atoms with van der Waals surface area (Å²) >= 11 is 1.53. The molecule has 2 unspecified atom stereocenters. The zero-order valence-corrected chi connectivity index (χ0v) is 18.3. The summed E-state index contributed by atoms with van der Waals surface area (Å²) < 4.78 is 5.24. The summed E-state index contributed by atoms with van der Waals surface area (Å²) in [5.74, 6) is -0.932. The molecule has 2 aromatic carbocycles. The van der Waals surface area contributed by atoms with E-state index in [2.05, 4.69) is 5.32 Å². The highest BCUT2D eigenvalue weighted by Gasteiger charge is 2.45. The average molecular weight is 450 g/mol. The number of nitrogens with one attached hydrogen (secondary N) is 1. The Kier molecular flexibility index (Phi) is 6.23. The number of anilines is 2. The normalized spacial score (nSPS) is 17.9. The Bertz CT molecular complexity index is 1110. The molecule has 7 nitrogen and oxygen atoms in total. The molecule has 1 saturated heterocycles. The first-order valence-electron chi connectivity index (χ1n) is 10.2. The van der Waals surface area contributed by atoms with E-state index in [4.69, 9.17) is 10.5 Å². The summed E-state index contributed by atoms with van der Waals surface area (Å²) in [6.07, 6.45) is 0.127. The molecular formula is C24H23N3O4S. The SMILES string of the molecule is Cc1ccc(N2C(=O)CC(C(=O)Nc3ccc(OCC(N)=O)cc3)C2c2cccs2)cc1. The van der Waals surface area contributed by atoms with E-state index >= 15 is 0 Å². The van der Waals surface area contributed by atoms with E-state index in [-0.39, 0.29) is 30.9 Å². The number of primary amides is 1. The molecular weight excluding hydrogens is 426 g/mol. The van der Waals surface area contributed by atoms with Crippen LogP contribution in [0.4, 0.5) is 11.4 Å². The van der Waals surface area contributed by atoms with Crippen LogP contribution in [0.25, 0.3) is 0 Å². The van der Waals surface area contributed by atoms with Gasteiger partial charge >= 0.3 is 0 Å².